The maximum Gasteiger partial charge on any atom is 0.410 e. The smallest absolute Gasteiger partial charge is 0.410 e. The van der Waals surface area contributed by atoms with Crippen molar-refractivity contribution in [3.05, 3.63) is 59.3 Å². The fourth-order valence-electron chi connectivity index (χ4n) is 3.38. The van der Waals surface area contributed by atoms with E-state index in [9.17, 15) is 13.2 Å². The van der Waals surface area contributed by atoms with Crippen LogP contribution in [0.1, 0.15) is 44.0 Å². The van der Waals surface area contributed by atoms with Gasteiger partial charge in [-0.3, -0.25) is 0 Å². The summed E-state index contributed by atoms with van der Waals surface area (Å²) in [5, 5.41) is -0.162. The number of hydrogen-bond acceptors (Lipinski definition) is 5. The molecule has 0 saturated heterocycles. The second kappa shape index (κ2) is 8.32. The summed E-state index contributed by atoms with van der Waals surface area (Å²) < 4.78 is 28.9. The van der Waals surface area contributed by atoms with E-state index in [2.05, 4.69) is 4.98 Å². The fourth-order valence-corrected chi connectivity index (χ4v) is 4.09. The van der Waals surface area contributed by atoms with Gasteiger partial charge in [-0.05, 0) is 50.8 Å². The van der Waals surface area contributed by atoms with Crippen molar-refractivity contribution in [3.63, 3.8) is 0 Å². The summed E-state index contributed by atoms with van der Waals surface area (Å²) in [5.41, 5.74) is 2.03. The predicted octanol–water partition coefficient (Wildman–Crippen LogP) is 4.30. The molecular weight excluding hydrogens is 412 g/mol. The minimum Gasteiger partial charge on any atom is -0.444 e. The van der Waals surface area contributed by atoms with E-state index in [1.165, 1.54) is 11.6 Å². The number of carbonyl (C=O) groups excluding carboxylic acids is 1. The lowest BCUT2D eigenvalue weighted by Gasteiger charge is -2.37. The van der Waals surface area contributed by atoms with Crippen LogP contribution in [0.25, 0.3) is 0 Å². The first-order valence-corrected chi connectivity index (χ1v) is 11.8. The normalized spacial score (nSPS) is 17.0. The van der Waals surface area contributed by atoms with Crippen LogP contribution in [0.4, 0.5) is 4.79 Å². The van der Waals surface area contributed by atoms with E-state index in [-0.39, 0.29) is 17.2 Å². The van der Waals surface area contributed by atoms with Crippen molar-refractivity contribution >= 4 is 25.8 Å². The van der Waals surface area contributed by atoms with Crippen LogP contribution in [0, 0.1) is 0 Å². The Kier molecular flexibility index (Phi) is 6.19. The maximum atomic E-state index is 12.8. The molecule has 3 rings (SSSR count). The van der Waals surface area contributed by atoms with Crippen LogP contribution < -0.4 is 0 Å². The van der Waals surface area contributed by atoms with Crippen molar-refractivity contribution < 1.29 is 17.9 Å². The van der Waals surface area contributed by atoms with Gasteiger partial charge in [-0.15, -0.1) is 0 Å². The molecule has 2 aromatic rings. The van der Waals surface area contributed by atoms with Gasteiger partial charge >= 0.3 is 6.09 Å². The predicted molar refractivity (Wildman–Crippen MR) is 111 cm³/mol. The number of amides is 1. The highest BCUT2D eigenvalue weighted by Gasteiger charge is 2.34. The van der Waals surface area contributed by atoms with Gasteiger partial charge in [0.15, 0.2) is 5.03 Å². The standard InChI is InChI=1S/C21H25ClN2O4S/c1-21(2,3)28-20(25)24-14-16-10-12-19(29(22,26)27)23-18(16)13-17(24)11-9-15-7-5-4-6-8-15/h4-8,10,12,17H,9,11,13-14H2,1-3H3. The molecule has 1 aromatic carbocycles. The Morgan fingerprint density at radius 1 is 1.21 bits per heavy atom. The third-order valence-electron chi connectivity index (χ3n) is 4.74. The second-order valence-electron chi connectivity index (χ2n) is 8.18. The molecule has 0 bridgehead atoms. The number of ether oxygens (including phenoxy) is 1. The first kappa shape index (κ1) is 21.6. The number of aryl methyl sites for hydroxylation is 1. The number of hydrogen-bond donors (Lipinski definition) is 0. The fraction of sp³-hybridized carbons (Fsp3) is 0.429. The van der Waals surface area contributed by atoms with Crippen LogP contribution in [0.3, 0.4) is 0 Å². The van der Waals surface area contributed by atoms with Gasteiger partial charge in [0, 0.05) is 28.8 Å². The molecule has 0 aliphatic carbocycles. The van der Waals surface area contributed by atoms with Crippen molar-refractivity contribution in [3.8, 4) is 0 Å². The van der Waals surface area contributed by atoms with Gasteiger partial charge in [0.25, 0.3) is 9.05 Å². The molecule has 0 radical (unpaired) electrons. The van der Waals surface area contributed by atoms with Gasteiger partial charge in [0.05, 0.1) is 6.54 Å². The third kappa shape index (κ3) is 5.70. The Hall–Kier alpha value is -2.12. The molecule has 1 aromatic heterocycles. The summed E-state index contributed by atoms with van der Waals surface area (Å²) in [6, 6.07) is 12.9. The van der Waals surface area contributed by atoms with Gasteiger partial charge in [-0.25, -0.2) is 18.2 Å². The maximum absolute atomic E-state index is 12.8. The molecule has 29 heavy (non-hydrogen) atoms. The summed E-state index contributed by atoms with van der Waals surface area (Å²) in [6.45, 7) is 5.82. The monoisotopic (exact) mass is 436 g/mol. The highest BCUT2D eigenvalue weighted by Crippen LogP contribution is 2.28. The SMILES string of the molecule is CC(C)(C)OC(=O)N1Cc2ccc(S(=O)(=O)Cl)nc2CC1CCc1ccccc1. The Labute approximate surface area is 176 Å². The van der Waals surface area contributed by atoms with Gasteiger partial charge in [0.1, 0.15) is 5.60 Å². The van der Waals surface area contributed by atoms with Crippen molar-refractivity contribution in [2.45, 2.75) is 63.2 Å². The second-order valence-corrected chi connectivity index (χ2v) is 10.7. The van der Waals surface area contributed by atoms with E-state index < -0.39 is 14.7 Å². The molecule has 156 valence electrons. The Bertz CT molecular complexity index is 987. The molecule has 0 saturated carbocycles. The van der Waals surface area contributed by atoms with Gasteiger partial charge in [-0.2, -0.15) is 0 Å². The number of carbonyl (C=O) groups is 1. The Morgan fingerprint density at radius 2 is 1.90 bits per heavy atom. The molecule has 1 aliphatic heterocycles. The molecule has 8 heteroatoms. The summed E-state index contributed by atoms with van der Waals surface area (Å²) >= 11 is 0. The van der Waals surface area contributed by atoms with E-state index in [1.807, 2.05) is 51.1 Å². The first-order valence-electron chi connectivity index (χ1n) is 9.50. The lowest BCUT2D eigenvalue weighted by molar-refractivity contribution is 0.0107. The number of pyridine rings is 1. The van der Waals surface area contributed by atoms with Crippen LogP contribution in [-0.2, 0) is 33.2 Å². The lowest BCUT2D eigenvalue weighted by atomic mass is 9.94. The molecule has 1 aliphatic rings. The van der Waals surface area contributed by atoms with E-state index in [0.717, 1.165) is 12.0 Å². The summed E-state index contributed by atoms with van der Waals surface area (Å²) in [5.74, 6) is 0. The molecule has 1 amide bonds. The molecule has 0 spiro atoms. The minimum atomic E-state index is -3.91. The molecule has 1 atom stereocenters. The lowest BCUT2D eigenvalue weighted by Crippen LogP contribution is -2.47. The first-order chi connectivity index (χ1) is 13.5. The summed E-state index contributed by atoms with van der Waals surface area (Å²) in [4.78, 5) is 18.8. The highest BCUT2D eigenvalue weighted by molar-refractivity contribution is 8.13. The zero-order chi connectivity index (χ0) is 21.2. The molecule has 2 heterocycles. The van der Waals surface area contributed by atoms with Crippen LogP contribution >= 0.6 is 10.7 Å². The molecule has 6 nitrogen and oxygen atoms in total. The average Bonchev–Trinajstić information content (AvgIpc) is 2.64. The average molecular weight is 437 g/mol. The van der Waals surface area contributed by atoms with Crippen LogP contribution in [-0.4, -0.2) is 36.0 Å². The largest absolute Gasteiger partial charge is 0.444 e. The number of benzene rings is 1. The number of rotatable bonds is 4. The van der Waals surface area contributed by atoms with E-state index in [0.29, 0.717) is 25.1 Å². The number of aromatic nitrogens is 1. The van der Waals surface area contributed by atoms with Gasteiger partial charge in [-0.1, -0.05) is 36.4 Å². The highest BCUT2D eigenvalue weighted by atomic mass is 35.7. The van der Waals surface area contributed by atoms with E-state index in [1.54, 1.807) is 11.0 Å². The number of fused-ring (bicyclic) bond motifs is 1. The van der Waals surface area contributed by atoms with Crippen molar-refractivity contribution in [1.29, 1.82) is 0 Å². The molecule has 0 fully saturated rings. The quantitative estimate of drug-likeness (QED) is 0.667. The Balaban J connectivity index is 1.87. The third-order valence-corrected chi connectivity index (χ3v) is 5.94. The molecular formula is C21H25ClN2O4S. The van der Waals surface area contributed by atoms with Crippen molar-refractivity contribution in [2.24, 2.45) is 0 Å². The van der Waals surface area contributed by atoms with Crippen molar-refractivity contribution in [2.75, 3.05) is 0 Å². The van der Waals surface area contributed by atoms with Crippen LogP contribution in [0.15, 0.2) is 47.5 Å². The van der Waals surface area contributed by atoms with E-state index in [4.69, 9.17) is 15.4 Å². The zero-order valence-corrected chi connectivity index (χ0v) is 18.3. The molecule has 0 N–H and O–H groups in total. The zero-order valence-electron chi connectivity index (χ0n) is 16.8. The van der Waals surface area contributed by atoms with Gasteiger partial charge in [0.2, 0.25) is 0 Å². The van der Waals surface area contributed by atoms with Crippen molar-refractivity contribution in [1.82, 2.24) is 9.88 Å². The number of halogens is 1. The topological polar surface area (TPSA) is 76.6 Å². The van der Waals surface area contributed by atoms with Crippen LogP contribution in [0.2, 0.25) is 0 Å². The summed E-state index contributed by atoms with van der Waals surface area (Å²) in [6.07, 6.45) is 1.56. The Morgan fingerprint density at radius 3 is 2.52 bits per heavy atom. The minimum absolute atomic E-state index is 0.154. The molecule has 1 unspecified atom stereocenters. The van der Waals surface area contributed by atoms with Crippen LogP contribution in [0.5, 0.6) is 0 Å². The number of nitrogens with zero attached hydrogens (tertiary/aromatic N) is 2. The summed E-state index contributed by atoms with van der Waals surface area (Å²) in [7, 11) is 1.55. The van der Waals surface area contributed by atoms with Gasteiger partial charge < -0.3 is 9.64 Å². The van der Waals surface area contributed by atoms with E-state index >= 15 is 0 Å².